The zero-order valence-corrected chi connectivity index (χ0v) is 18.0. The molecule has 1 aliphatic rings. The third-order valence-corrected chi connectivity index (χ3v) is 6.51. The summed E-state index contributed by atoms with van der Waals surface area (Å²) in [5.41, 5.74) is 3.97. The summed E-state index contributed by atoms with van der Waals surface area (Å²) in [6, 6.07) is 24.3. The Morgan fingerprint density at radius 3 is 1.50 bits per heavy atom. The van der Waals surface area contributed by atoms with Gasteiger partial charge in [0.25, 0.3) is 0 Å². The maximum Gasteiger partial charge on any atom is 2.00 e. The largest absolute Gasteiger partial charge is 2.00 e. The zero-order chi connectivity index (χ0) is 19.2. The molecular weight excluding hydrogens is 457 g/mol. The molecule has 0 saturated carbocycles. The summed E-state index contributed by atoms with van der Waals surface area (Å²) in [5, 5.41) is 4.83. The van der Waals surface area contributed by atoms with Crippen molar-refractivity contribution >= 4 is 65.0 Å². The molecule has 146 valence electrons. The molecule has 0 bridgehead atoms. The van der Waals surface area contributed by atoms with Gasteiger partial charge in [-0.2, -0.15) is 0 Å². The van der Waals surface area contributed by atoms with Crippen molar-refractivity contribution in [3.05, 3.63) is 83.9 Å². The van der Waals surface area contributed by atoms with Gasteiger partial charge < -0.3 is 5.32 Å². The van der Waals surface area contributed by atoms with Crippen LogP contribution in [0.4, 0.5) is 10.3 Å². The number of nitrogens with zero attached hydrogens (tertiary/aromatic N) is 4. The molecule has 30 heavy (non-hydrogen) atoms. The van der Waals surface area contributed by atoms with Crippen molar-refractivity contribution in [3.63, 3.8) is 0 Å². The van der Waals surface area contributed by atoms with Gasteiger partial charge in [0.2, 0.25) is 10.3 Å². The predicted octanol–water partition coefficient (Wildman–Crippen LogP) is 5.66. The maximum absolute atomic E-state index is 4.79. The first kappa shape index (κ1) is 19.1. The van der Waals surface area contributed by atoms with Crippen molar-refractivity contribution in [2.24, 2.45) is 9.98 Å². The fraction of sp³-hybridized carbons (Fsp3) is 0. The van der Waals surface area contributed by atoms with Gasteiger partial charge in [0.05, 0.1) is 20.4 Å². The van der Waals surface area contributed by atoms with Gasteiger partial charge in [-0.25, -0.2) is 20.0 Å². The van der Waals surface area contributed by atoms with Crippen molar-refractivity contribution in [1.29, 1.82) is 0 Å². The third kappa shape index (κ3) is 3.33. The van der Waals surface area contributed by atoms with Crippen LogP contribution in [0.25, 0.3) is 20.4 Å². The van der Waals surface area contributed by atoms with Crippen LogP contribution in [0.1, 0.15) is 11.1 Å². The smallest absolute Gasteiger partial charge is 0.324 e. The van der Waals surface area contributed by atoms with Crippen LogP contribution >= 0.6 is 22.7 Å². The average molecular weight is 470 g/mol. The van der Waals surface area contributed by atoms with Gasteiger partial charge in [-0.15, -0.1) is 0 Å². The fourth-order valence-corrected chi connectivity index (χ4v) is 5.01. The van der Waals surface area contributed by atoms with E-state index in [0.29, 0.717) is 0 Å². The summed E-state index contributed by atoms with van der Waals surface area (Å²) in [4.78, 5) is 18.8. The fourth-order valence-electron chi connectivity index (χ4n) is 3.33. The Morgan fingerprint density at radius 2 is 1.03 bits per heavy atom. The molecule has 3 aromatic carbocycles. The number of benzene rings is 3. The molecule has 0 radical (unpaired) electrons. The molecule has 0 fully saturated rings. The van der Waals surface area contributed by atoms with E-state index >= 15 is 0 Å². The van der Waals surface area contributed by atoms with Crippen molar-refractivity contribution < 1.29 is 16.5 Å². The Kier molecular flexibility index (Phi) is 4.91. The summed E-state index contributed by atoms with van der Waals surface area (Å²) >= 11 is 3.16. The summed E-state index contributed by atoms with van der Waals surface area (Å²) in [7, 11) is 0. The maximum atomic E-state index is 4.79. The average Bonchev–Trinajstić information content (AvgIpc) is 3.43. The van der Waals surface area contributed by atoms with E-state index in [0.717, 1.165) is 53.5 Å². The van der Waals surface area contributed by atoms with E-state index in [1.54, 1.807) is 22.7 Å². The normalized spacial score (nSPS) is 15.5. The molecule has 3 heterocycles. The number of fused-ring (bicyclic) bond motifs is 3. The minimum atomic E-state index is 0. The molecule has 1 N–H and O–H groups in total. The van der Waals surface area contributed by atoms with E-state index in [1.807, 2.05) is 48.5 Å². The number of nitrogens with one attached hydrogen (secondary N) is 1. The molecule has 1 aliphatic heterocycles. The Hall–Kier alpha value is -2.93. The van der Waals surface area contributed by atoms with Crippen LogP contribution in [-0.2, 0) is 16.5 Å². The van der Waals surface area contributed by atoms with Crippen LogP contribution in [0, 0.1) is 0 Å². The monoisotopic (exact) mass is 469 g/mol. The van der Waals surface area contributed by atoms with Crippen molar-refractivity contribution in [1.82, 2.24) is 15.3 Å². The molecule has 5 nitrogen and oxygen atoms in total. The summed E-state index contributed by atoms with van der Waals surface area (Å²) in [6.45, 7) is 0. The van der Waals surface area contributed by atoms with Crippen LogP contribution in [-0.4, -0.2) is 21.6 Å². The van der Waals surface area contributed by atoms with E-state index in [-0.39, 0.29) is 16.5 Å². The van der Waals surface area contributed by atoms with Gasteiger partial charge >= 0.3 is 16.5 Å². The molecule has 5 aromatic rings. The summed E-state index contributed by atoms with van der Waals surface area (Å²) in [5.74, 6) is 1.53. The molecule has 0 spiro atoms. The van der Waals surface area contributed by atoms with Crippen LogP contribution in [0.15, 0.2) is 82.8 Å². The van der Waals surface area contributed by atoms with E-state index in [2.05, 4.69) is 39.6 Å². The first-order valence-corrected chi connectivity index (χ1v) is 10.7. The Morgan fingerprint density at radius 1 is 0.600 bits per heavy atom. The standard InChI is InChI=1S/C22H13N5S2.Ni/c1-2-8-14-13(7-1)19(26-21-23-15-9-3-5-11-17(15)28-21)25-20(14)27-22-24-16-10-4-6-12-18(16)29-22;/h1-12H,(H,23,24,25,26,27);/q;+2. The molecule has 0 aliphatic carbocycles. The molecule has 6 rings (SSSR count). The number of thiazole rings is 2. The molecule has 0 unspecified atom stereocenters. The second-order valence-corrected chi connectivity index (χ2v) is 8.54. The number of hydrogen-bond donors (Lipinski definition) is 1. The summed E-state index contributed by atoms with van der Waals surface area (Å²) < 4.78 is 2.25. The van der Waals surface area contributed by atoms with E-state index in [1.165, 1.54) is 0 Å². The van der Waals surface area contributed by atoms with Gasteiger partial charge in [0, 0.05) is 11.1 Å². The topological polar surface area (TPSA) is 62.5 Å². The minimum absolute atomic E-state index is 0. The van der Waals surface area contributed by atoms with Crippen molar-refractivity contribution in [2.45, 2.75) is 0 Å². The first-order chi connectivity index (χ1) is 14.3. The van der Waals surface area contributed by atoms with Crippen molar-refractivity contribution in [3.8, 4) is 0 Å². The van der Waals surface area contributed by atoms with Gasteiger partial charge in [0.15, 0.2) is 0 Å². The van der Waals surface area contributed by atoms with E-state index in [4.69, 9.17) is 9.98 Å². The van der Waals surface area contributed by atoms with E-state index in [9.17, 15) is 0 Å². The molecule has 0 saturated heterocycles. The third-order valence-electron chi connectivity index (χ3n) is 4.65. The quantitative estimate of drug-likeness (QED) is 0.339. The number of hydrogen-bond acceptors (Lipinski definition) is 6. The van der Waals surface area contributed by atoms with E-state index < -0.39 is 0 Å². The van der Waals surface area contributed by atoms with Gasteiger partial charge in [-0.3, -0.25) is 0 Å². The predicted molar refractivity (Wildman–Crippen MR) is 121 cm³/mol. The second kappa shape index (κ2) is 7.72. The van der Waals surface area contributed by atoms with Crippen molar-refractivity contribution in [2.75, 3.05) is 0 Å². The van der Waals surface area contributed by atoms with Crippen LogP contribution in [0.2, 0.25) is 0 Å². The first-order valence-electron chi connectivity index (χ1n) is 9.09. The molecule has 0 atom stereocenters. The SMILES string of the molecule is [Ni+2].c1ccc2c(c1)C(=Nc1nc3ccccc3s1)NC2=Nc1nc2ccccc2s1. The number of amidine groups is 2. The molecule has 0 amide bonds. The minimum Gasteiger partial charge on any atom is -0.324 e. The van der Waals surface area contributed by atoms with Gasteiger partial charge in [0.1, 0.15) is 11.7 Å². The number of rotatable bonds is 2. The number of aromatic nitrogens is 2. The Bertz CT molecular complexity index is 1280. The zero-order valence-electron chi connectivity index (χ0n) is 15.3. The van der Waals surface area contributed by atoms with Crippen LogP contribution < -0.4 is 5.32 Å². The van der Waals surface area contributed by atoms with Crippen LogP contribution in [0.3, 0.4) is 0 Å². The molecular formula is C22H13N5NiS2+2. The molecule has 8 heteroatoms. The summed E-state index contributed by atoms with van der Waals surface area (Å²) in [6.07, 6.45) is 0. The Balaban J connectivity index is 0.00000193. The number of aliphatic imine (C=N–C) groups is 2. The van der Waals surface area contributed by atoms with Gasteiger partial charge in [-0.05, 0) is 24.3 Å². The molecule has 2 aromatic heterocycles. The number of para-hydroxylation sites is 2. The van der Waals surface area contributed by atoms with Crippen LogP contribution in [0.5, 0.6) is 0 Å². The Labute approximate surface area is 190 Å². The second-order valence-electron chi connectivity index (χ2n) is 6.52. The van der Waals surface area contributed by atoms with Gasteiger partial charge in [-0.1, -0.05) is 71.2 Å².